The quantitative estimate of drug-likeness (QED) is 0.786. The summed E-state index contributed by atoms with van der Waals surface area (Å²) >= 11 is 6.15. The number of nitrogens with one attached hydrogen (secondary N) is 2. The van der Waals surface area contributed by atoms with E-state index in [1.54, 1.807) is 6.07 Å². The monoisotopic (exact) mass is 423 g/mol. The summed E-state index contributed by atoms with van der Waals surface area (Å²) in [6.45, 7) is 5.24. The van der Waals surface area contributed by atoms with Crippen LogP contribution in [-0.2, 0) is 14.8 Å². The van der Waals surface area contributed by atoms with Crippen molar-refractivity contribution in [3.05, 3.63) is 52.5 Å². The van der Waals surface area contributed by atoms with E-state index in [0.29, 0.717) is 32.0 Å². The highest BCUT2D eigenvalue weighted by Gasteiger charge is 2.27. The maximum Gasteiger partial charge on any atom is 0.323 e. The Morgan fingerprint density at radius 1 is 1.04 bits per heavy atom. The van der Waals surface area contributed by atoms with Gasteiger partial charge in [-0.1, -0.05) is 17.7 Å². The van der Waals surface area contributed by atoms with E-state index in [4.69, 9.17) is 16.3 Å². The molecule has 1 fully saturated rings. The highest BCUT2D eigenvalue weighted by molar-refractivity contribution is 7.89. The molecule has 7 nitrogen and oxygen atoms in total. The third-order valence-corrected chi connectivity index (χ3v) is 6.78. The normalized spacial score (nSPS) is 15.2. The highest BCUT2D eigenvalue weighted by Crippen LogP contribution is 2.27. The Morgan fingerprint density at radius 2 is 1.75 bits per heavy atom. The minimum absolute atomic E-state index is 0.0697. The smallest absolute Gasteiger partial charge is 0.323 e. The van der Waals surface area contributed by atoms with Crippen LogP contribution >= 0.6 is 11.6 Å². The van der Waals surface area contributed by atoms with Crippen LogP contribution in [0.15, 0.2) is 41.3 Å². The number of urea groups is 1. The van der Waals surface area contributed by atoms with Crippen molar-refractivity contribution in [2.75, 3.05) is 36.9 Å². The topological polar surface area (TPSA) is 87.7 Å². The SMILES string of the molecule is Cc1ccc(NC(=O)Nc2cc(S(=O)(=O)N3CCOCC3)ccc2Cl)cc1C. The van der Waals surface area contributed by atoms with E-state index >= 15 is 0 Å². The molecular weight excluding hydrogens is 402 g/mol. The predicted octanol–water partition coefficient (Wildman–Crippen LogP) is 3.62. The Hall–Kier alpha value is -2.13. The number of ether oxygens (including phenoxy) is 1. The molecule has 9 heteroatoms. The average molecular weight is 424 g/mol. The van der Waals surface area contributed by atoms with Crippen molar-refractivity contribution in [2.45, 2.75) is 18.7 Å². The molecule has 0 atom stereocenters. The van der Waals surface area contributed by atoms with Crippen LogP contribution in [0, 0.1) is 13.8 Å². The summed E-state index contributed by atoms with van der Waals surface area (Å²) < 4.78 is 32.2. The number of carbonyl (C=O) groups is 1. The van der Waals surface area contributed by atoms with Crippen LogP contribution in [0.2, 0.25) is 5.02 Å². The van der Waals surface area contributed by atoms with Gasteiger partial charge < -0.3 is 15.4 Å². The summed E-state index contributed by atoms with van der Waals surface area (Å²) in [4.78, 5) is 12.4. The summed E-state index contributed by atoms with van der Waals surface area (Å²) in [7, 11) is -3.68. The summed E-state index contributed by atoms with van der Waals surface area (Å²) in [5.41, 5.74) is 3.02. The highest BCUT2D eigenvalue weighted by atomic mass is 35.5. The van der Waals surface area contributed by atoms with Gasteiger partial charge in [-0.05, 0) is 55.3 Å². The van der Waals surface area contributed by atoms with Gasteiger partial charge in [-0.3, -0.25) is 0 Å². The van der Waals surface area contributed by atoms with Gasteiger partial charge in [0.1, 0.15) is 0 Å². The first kappa shape index (κ1) is 20.6. The zero-order valence-electron chi connectivity index (χ0n) is 15.7. The molecule has 1 aliphatic rings. The molecule has 2 amide bonds. The zero-order chi connectivity index (χ0) is 20.3. The van der Waals surface area contributed by atoms with Crippen molar-refractivity contribution in [3.8, 4) is 0 Å². The number of rotatable bonds is 4. The Kier molecular flexibility index (Phi) is 6.24. The number of anilines is 2. The minimum atomic E-state index is -3.68. The van der Waals surface area contributed by atoms with Gasteiger partial charge in [0.25, 0.3) is 0 Å². The van der Waals surface area contributed by atoms with Gasteiger partial charge in [0.2, 0.25) is 10.0 Å². The summed E-state index contributed by atoms with van der Waals surface area (Å²) in [6, 6.07) is 9.31. The standard InChI is InChI=1S/C19H22ClN3O4S/c1-13-3-4-15(11-14(13)2)21-19(24)22-18-12-16(5-6-17(18)20)28(25,26)23-7-9-27-10-8-23/h3-6,11-12H,7-10H2,1-2H3,(H2,21,22,24). The second kappa shape index (κ2) is 8.48. The van der Waals surface area contributed by atoms with Crippen LogP contribution in [0.5, 0.6) is 0 Å². The lowest BCUT2D eigenvalue weighted by atomic mass is 10.1. The fourth-order valence-electron chi connectivity index (χ4n) is 2.80. The van der Waals surface area contributed by atoms with Crippen LogP contribution in [0.4, 0.5) is 16.2 Å². The number of hydrogen-bond acceptors (Lipinski definition) is 4. The van der Waals surface area contributed by atoms with Crippen molar-refractivity contribution in [1.29, 1.82) is 0 Å². The van der Waals surface area contributed by atoms with Crippen molar-refractivity contribution < 1.29 is 17.9 Å². The van der Waals surface area contributed by atoms with Crippen LogP contribution in [0.3, 0.4) is 0 Å². The zero-order valence-corrected chi connectivity index (χ0v) is 17.2. The number of carbonyl (C=O) groups excluding carboxylic acids is 1. The molecular formula is C19H22ClN3O4S. The van der Waals surface area contributed by atoms with Crippen LogP contribution in [-0.4, -0.2) is 45.1 Å². The Balaban J connectivity index is 1.77. The van der Waals surface area contributed by atoms with E-state index in [1.165, 1.54) is 22.5 Å². The van der Waals surface area contributed by atoms with Crippen LogP contribution in [0.25, 0.3) is 0 Å². The lowest BCUT2D eigenvalue weighted by Crippen LogP contribution is -2.40. The predicted molar refractivity (Wildman–Crippen MR) is 110 cm³/mol. The first-order chi connectivity index (χ1) is 13.3. The number of sulfonamides is 1. The largest absolute Gasteiger partial charge is 0.379 e. The van der Waals surface area contributed by atoms with Gasteiger partial charge >= 0.3 is 6.03 Å². The molecule has 150 valence electrons. The molecule has 0 bridgehead atoms. The maximum absolute atomic E-state index is 12.8. The third-order valence-electron chi connectivity index (χ3n) is 4.56. The summed E-state index contributed by atoms with van der Waals surface area (Å²) in [5, 5.41) is 5.59. The minimum Gasteiger partial charge on any atom is -0.379 e. The molecule has 0 aliphatic carbocycles. The van der Waals surface area contributed by atoms with Gasteiger partial charge in [0, 0.05) is 18.8 Å². The third kappa shape index (κ3) is 4.64. The molecule has 1 saturated heterocycles. The fraction of sp³-hybridized carbons (Fsp3) is 0.316. The van der Waals surface area contributed by atoms with E-state index in [1.807, 2.05) is 26.0 Å². The molecule has 2 aromatic rings. The van der Waals surface area contributed by atoms with Crippen molar-refractivity contribution in [1.82, 2.24) is 4.31 Å². The number of aryl methyl sites for hydroxylation is 2. The fourth-order valence-corrected chi connectivity index (χ4v) is 4.40. The van der Waals surface area contributed by atoms with E-state index in [2.05, 4.69) is 10.6 Å². The van der Waals surface area contributed by atoms with Crippen molar-refractivity contribution >= 4 is 39.0 Å². The molecule has 1 aliphatic heterocycles. The molecule has 2 aromatic carbocycles. The molecule has 1 heterocycles. The molecule has 28 heavy (non-hydrogen) atoms. The van der Waals surface area contributed by atoms with Gasteiger partial charge in [-0.2, -0.15) is 4.31 Å². The first-order valence-electron chi connectivity index (χ1n) is 8.80. The van der Waals surface area contributed by atoms with Crippen molar-refractivity contribution in [3.63, 3.8) is 0 Å². The van der Waals surface area contributed by atoms with Crippen LogP contribution < -0.4 is 10.6 Å². The molecule has 0 radical (unpaired) electrons. The Morgan fingerprint density at radius 3 is 2.43 bits per heavy atom. The van der Waals surface area contributed by atoms with Crippen LogP contribution in [0.1, 0.15) is 11.1 Å². The molecule has 0 saturated carbocycles. The molecule has 0 spiro atoms. The van der Waals surface area contributed by atoms with Gasteiger partial charge in [-0.15, -0.1) is 0 Å². The van der Waals surface area contributed by atoms with E-state index < -0.39 is 16.1 Å². The first-order valence-corrected chi connectivity index (χ1v) is 10.6. The van der Waals surface area contributed by atoms with Crippen molar-refractivity contribution in [2.24, 2.45) is 0 Å². The van der Waals surface area contributed by atoms with Gasteiger partial charge in [-0.25, -0.2) is 13.2 Å². The Bertz CT molecular complexity index is 989. The van der Waals surface area contributed by atoms with E-state index in [-0.39, 0.29) is 15.6 Å². The number of amides is 2. The lowest BCUT2D eigenvalue weighted by molar-refractivity contribution is 0.0730. The van der Waals surface area contributed by atoms with Gasteiger partial charge in [0.15, 0.2) is 0 Å². The number of halogens is 1. The molecule has 0 aromatic heterocycles. The van der Waals surface area contributed by atoms with E-state index in [0.717, 1.165) is 11.1 Å². The van der Waals surface area contributed by atoms with E-state index in [9.17, 15) is 13.2 Å². The Labute approximate surface area is 169 Å². The summed E-state index contributed by atoms with van der Waals surface area (Å²) in [5.74, 6) is 0. The number of nitrogens with zero attached hydrogens (tertiary/aromatic N) is 1. The number of morpholine rings is 1. The average Bonchev–Trinajstić information content (AvgIpc) is 2.67. The second-order valence-corrected chi connectivity index (χ2v) is 8.88. The molecule has 3 rings (SSSR count). The molecule has 2 N–H and O–H groups in total. The second-order valence-electron chi connectivity index (χ2n) is 6.54. The maximum atomic E-state index is 12.8. The number of hydrogen-bond donors (Lipinski definition) is 2. The lowest BCUT2D eigenvalue weighted by Gasteiger charge is -2.26. The summed E-state index contributed by atoms with van der Waals surface area (Å²) in [6.07, 6.45) is 0. The molecule has 0 unspecified atom stereocenters. The number of benzene rings is 2. The van der Waals surface area contributed by atoms with Gasteiger partial charge in [0.05, 0.1) is 28.8 Å².